The number of urea groups is 1. The van der Waals surface area contributed by atoms with Gasteiger partial charge in [0, 0.05) is 19.6 Å². The van der Waals surface area contributed by atoms with E-state index in [0.29, 0.717) is 6.54 Å². The van der Waals surface area contributed by atoms with Gasteiger partial charge in [-0.25, -0.2) is 4.79 Å². The number of unbranched alkanes of at least 4 members (excludes halogenated alkanes) is 1. The van der Waals surface area contributed by atoms with Crippen LogP contribution in [0.3, 0.4) is 0 Å². The number of amides is 2. The van der Waals surface area contributed by atoms with Crippen LogP contribution in [0.1, 0.15) is 19.8 Å². The lowest BCUT2D eigenvalue weighted by Crippen LogP contribution is -2.39. The van der Waals surface area contributed by atoms with Gasteiger partial charge in [-0.15, -0.1) is 0 Å². The Balaban J connectivity index is 3.10. The van der Waals surface area contributed by atoms with E-state index in [1.165, 1.54) is 0 Å². The minimum atomic E-state index is -0.0706. The largest absolute Gasteiger partial charge is 0.338 e. The van der Waals surface area contributed by atoms with E-state index in [1.54, 1.807) is 0 Å². The molecule has 4 nitrogen and oxygen atoms in total. The van der Waals surface area contributed by atoms with Crippen LogP contribution < -0.4 is 16.0 Å². The lowest BCUT2D eigenvalue weighted by molar-refractivity contribution is 0.241. The van der Waals surface area contributed by atoms with Gasteiger partial charge < -0.3 is 16.0 Å². The Morgan fingerprint density at radius 3 is 2.42 bits per heavy atom. The molecule has 0 aromatic rings. The van der Waals surface area contributed by atoms with Gasteiger partial charge in [-0.1, -0.05) is 13.3 Å². The summed E-state index contributed by atoms with van der Waals surface area (Å²) in [6.45, 7) is 4.35. The van der Waals surface area contributed by atoms with Crippen molar-refractivity contribution in [3.8, 4) is 0 Å². The summed E-state index contributed by atoms with van der Waals surface area (Å²) in [5, 5.41) is 8.44. The molecule has 0 fully saturated rings. The highest BCUT2D eigenvalue weighted by Gasteiger charge is 1.95. The van der Waals surface area contributed by atoms with Gasteiger partial charge in [0.05, 0.1) is 0 Å². The third kappa shape index (κ3) is 7.34. The van der Waals surface area contributed by atoms with Crippen molar-refractivity contribution in [2.75, 3.05) is 26.7 Å². The van der Waals surface area contributed by atoms with Crippen LogP contribution in [0.15, 0.2) is 0 Å². The second kappa shape index (κ2) is 8.33. The minimum absolute atomic E-state index is 0.0706. The molecule has 0 radical (unpaired) electrons. The first-order chi connectivity index (χ1) is 5.81. The molecule has 0 atom stereocenters. The van der Waals surface area contributed by atoms with Crippen LogP contribution in [-0.4, -0.2) is 32.7 Å². The normalized spacial score (nSPS) is 9.50. The summed E-state index contributed by atoms with van der Waals surface area (Å²) in [6.07, 6.45) is 2.15. The number of likely N-dealkylation sites (N-methyl/N-ethyl adjacent to an activating group) is 1. The molecule has 2 amide bonds. The van der Waals surface area contributed by atoms with E-state index >= 15 is 0 Å². The van der Waals surface area contributed by atoms with E-state index in [9.17, 15) is 4.79 Å². The highest BCUT2D eigenvalue weighted by atomic mass is 16.2. The Morgan fingerprint density at radius 1 is 1.17 bits per heavy atom. The van der Waals surface area contributed by atoms with Crippen molar-refractivity contribution in [1.29, 1.82) is 0 Å². The Morgan fingerprint density at radius 2 is 1.83 bits per heavy atom. The van der Waals surface area contributed by atoms with Gasteiger partial charge in [0.2, 0.25) is 0 Å². The Bertz CT molecular complexity index is 105. The maximum absolute atomic E-state index is 10.9. The number of carbonyl (C=O) groups is 1. The van der Waals surface area contributed by atoms with E-state index in [1.807, 2.05) is 7.05 Å². The van der Waals surface area contributed by atoms with Crippen LogP contribution in [0.4, 0.5) is 4.79 Å². The third-order valence-electron chi connectivity index (χ3n) is 1.48. The molecule has 0 aliphatic heterocycles. The van der Waals surface area contributed by atoms with Crippen LogP contribution in [0.5, 0.6) is 0 Å². The highest BCUT2D eigenvalue weighted by Crippen LogP contribution is 1.81. The van der Waals surface area contributed by atoms with Crippen molar-refractivity contribution in [3.63, 3.8) is 0 Å². The smallest absolute Gasteiger partial charge is 0.314 e. The second-order valence-corrected chi connectivity index (χ2v) is 2.64. The molecule has 0 unspecified atom stereocenters. The lowest BCUT2D eigenvalue weighted by Gasteiger charge is -2.05. The highest BCUT2D eigenvalue weighted by molar-refractivity contribution is 5.73. The molecular weight excluding hydrogens is 154 g/mol. The molecule has 0 bridgehead atoms. The molecule has 0 saturated heterocycles. The average Bonchev–Trinajstić information content (AvgIpc) is 2.06. The average molecular weight is 173 g/mol. The molecule has 72 valence electrons. The Labute approximate surface area is 74.1 Å². The van der Waals surface area contributed by atoms with Gasteiger partial charge in [-0.05, 0) is 13.5 Å². The summed E-state index contributed by atoms with van der Waals surface area (Å²) in [7, 11) is 1.86. The molecule has 12 heavy (non-hydrogen) atoms. The fourth-order valence-electron chi connectivity index (χ4n) is 0.742. The molecule has 0 aromatic carbocycles. The van der Waals surface area contributed by atoms with Gasteiger partial charge in [-0.2, -0.15) is 0 Å². The zero-order valence-electron chi connectivity index (χ0n) is 7.94. The van der Waals surface area contributed by atoms with Gasteiger partial charge in [-0.3, -0.25) is 0 Å². The lowest BCUT2D eigenvalue weighted by atomic mass is 10.3. The summed E-state index contributed by atoms with van der Waals surface area (Å²) in [6, 6.07) is -0.0706. The molecule has 0 aliphatic rings. The van der Waals surface area contributed by atoms with E-state index in [4.69, 9.17) is 0 Å². The first-order valence-corrected chi connectivity index (χ1v) is 4.47. The van der Waals surface area contributed by atoms with Gasteiger partial charge in [0.1, 0.15) is 0 Å². The summed E-state index contributed by atoms with van der Waals surface area (Å²) < 4.78 is 0. The van der Waals surface area contributed by atoms with Crippen LogP contribution in [0, 0.1) is 0 Å². The molecule has 0 heterocycles. The zero-order valence-corrected chi connectivity index (χ0v) is 7.94. The van der Waals surface area contributed by atoms with Crippen LogP contribution in [-0.2, 0) is 0 Å². The second-order valence-electron chi connectivity index (χ2n) is 2.64. The first-order valence-electron chi connectivity index (χ1n) is 4.47. The fourth-order valence-corrected chi connectivity index (χ4v) is 0.742. The van der Waals surface area contributed by atoms with Crippen LogP contribution in [0.2, 0.25) is 0 Å². The molecule has 3 N–H and O–H groups in total. The van der Waals surface area contributed by atoms with Crippen LogP contribution >= 0.6 is 0 Å². The molecule has 0 aromatic heterocycles. The number of nitrogens with one attached hydrogen (secondary N) is 3. The molecule has 0 rings (SSSR count). The summed E-state index contributed by atoms with van der Waals surface area (Å²) in [5.41, 5.74) is 0. The summed E-state index contributed by atoms with van der Waals surface area (Å²) >= 11 is 0. The number of hydrogen-bond donors (Lipinski definition) is 3. The van der Waals surface area contributed by atoms with Gasteiger partial charge in [0.15, 0.2) is 0 Å². The molecular formula is C8H19N3O. The number of carbonyl (C=O) groups excluding carboxylic acids is 1. The first kappa shape index (κ1) is 11.2. The van der Waals surface area contributed by atoms with E-state index < -0.39 is 0 Å². The predicted octanol–water partition coefficient (Wildman–Crippen LogP) is 0.305. The van der Waals surface area contributed by atoms with Crippen molar-refractivity contribution in [1.82, 2.24) is 16.0 Å². The molecule has 0 spiro atoms. The van der Waals surface area contributed by atoms with Crippen molar-refractivity contribution < 1.29 is 4.79 Å². The maximum atomic E-state index is 10.9. The van der Waals surface area contributed by atoms with E-state index in [0.717, 1.165) is 25.9 Å². The topological polar surface area (TPSA) is 53.2 Å². The van der Waals surface area contributed by atoms with E-state index in [-0.39, 0.29) is 6.03 Å². The van der Waals surface area contributed by atoms with Crippen molar-refractivity contribution in [2.24, 2.45) is 0 Å². The monoisotopic (exact) mass is 173 g/mol. The van der Waals surface area contributed by atoms with Crippen molar-refractivity contribution in [2.45, 2.75) is 19.8 Å². The summed E-state index contributed by atoms with van der Waals surface area (Å²) in [5.74, 6) is 0. The zero-order chi connectivity index (χ0) is 9.23. The number of hydrogen-bond acceptors (Lipinski definition) is 2. The fraction of sp³-hybridized carbons (Fsp3) is 0.875. The Hall–Kier alpha value is -0.770. The SMILES string of the molecule is CCCCNC(=O)NCCNC. The van der Waals surface area contributed by atoms with Crippen molar-refractivity contribution in [3.05, 3.63) is 0 Å². The van der Waals surface area contributed by atoms with Gasteiger partial charge in [0.25, 0.3) is 0 Å². The van der Waals surface area contributed by atoms with Crippen molar-refractivity contribution >= 4 is 6.03 Å². The summed E-state index contributed by atoms with van der Waals surface area (Å²) in [4.78, 5) is 10.9. The molecule has 4 heteroatoms. The minimum Gasteiger partial charge on any atom is -0.338 e. The Kier molecular flexibility index (Phi) is 7.79. The molecule has 0 saturated carbocycles. The standard InChI is InChI=1S/C8H19N3O/c1-3-4-5-10-8(12)11-7-6-9-2/h9H,3-7H2,1-2H3,(H2,10,11,12). The predicted molar refractivity (Wildman–Crippen MR) is 50.2 cm³/mol. The quantitative estimate of drug-likeness (QED) is 0.506. The van der Waals surface area contributed by atoms with Gasteiger partial charge >= 0.3 is 6.03 Å². The van der Waals surface area contributed by atoms with E-state index in [2.05, 4.69) is 22.9 Å². The van der Waals surface area contributed by atoms with Crippen LogP contribution in [0.25, 0.3) is 0 Å². The maximum Gasteiger partial charge on any atom is 0.314 e. The molecule has 0 aliphatic carbocycles. The third-order valence-corrected chi connectivity index (χ3v) is 1.48. The number of rotatable bonds is 6.